The van der Waals surface area contributed by atoms with Gasteiger partial charge in [-0.2, -0.15) is 0 Å². The number of benzene rings is 1. The van der Waals surface area contributed by atoms with Crippen molar-refractivity contribution >= 4 is 34.1 Å². The van der Waals surface area contributed by atoms with Gasteiger partial charge in [0.15, 0.2) is 0 Å². The van der Waals surface area contributed by atoms with Gasteiger partial charge in [-0.05, 0) is 25.5 Å². The lowest BCUT2D eigenvalue weighted by molar-refractivity contribution is -0.142. The summed E-state index contributed by atoms with van der Waals surface area (Å²) in [5.41, 5.74) is 0.875. The summed E-state index contributed by atoms with van der Waals surface area (Å²) in [5.74, 6) is -1.54. The van der Waals surface area contributed by atoms with Gasteiger partial charge in [0.05, 0.1) is 23.9 Å². The molecule has 0 fully saturated rings. The van der Waals surface area contributed by atoms with Gasteiger partial charge in [-0.3, -0.25) is 4.79 Å². The van der Waals surface area contributed by atoms with Gasteiger partial charge in [-0.1, -0.05) is 30.3 Å². The minimum atomic E-state index is -3.86. The molecule has 0 saturated heterocycles. The second kappa shape index (κ2) is 10.6. The second-order valence-corrected chi connectivity index (χ2v) is 7.82. The van der Waals surface area contributed by atoms with Crippen LogP contribution in [-0.4, -0.2) is 52.2 Å². The van der Waals surface area contributed by atoms with E-state index in [2.05, 4.69) is 15.4 Å². The lowest BCUT2D eigenvalue weighted by Gasteiger charge is -2.26. The molecule has 0 bridgehead atoms. The molecule has 10 nitrogen and oxygen atoms in total. The first-order valence-corrected chi connectivity index (χ1v) is 10.6. The van der Waals surface area contributed by atoms with Crippen LogP contribution in [0.5, 0.6) is 0 Å². The molecular weight excluding hydrogens is 414 g/mol. The van der Waals surface area contributed by atoms with Crippen molar-refractivity contribution in [1.82, 2.24) is 15.4 Å². The van der Waals surface area contributed by atoms with Crippen molar-refractivity contribution in [3.05, 3.63) is 52.6 Å². The van der Waals surface area contributed by atoms with E-state index in [1.807, 2.05) is 0 Å². The number of ether oxygens (including phenoxy) is 2. The predicted octanol–water partition coefficient (Wildman–Crippen LogP) is 0.638. The molecule has 11 heteroatoms. The Kier molecular flexibility index (Phi) is 8.13. The molecule has 2 rings (SSSR count). The van der Waals surface area contributed by atoms with Crippen LogP contribution in [0, 0.1) is 0 Å². The Morgan fingerprint density at radius 3 is 2.57 bits per heavy atom. The molecule has 1 aromatic carbocycles. The van der Waals surface area contributed by atoms with E-state index in [1.54, 1.807) is 44.2 Å². The predicted molar refractivity (Wildman–Crippen MR) is 108 cm³/mol. The van der Waals surface area contributed by atoms with Crippen molar-refractivity contribution in [2.45, 2.75) is 19.9 Å². The first-order chi connectivity index (χ1) is 14.2. The summed E-state index contributed by atoms with van der Waals surface area (Å²) in [6.45, 7) is 2.31. The highest BCUT2D eigenvalue weighted by atomic mass is 32.2. The third-order valence-electron chi connectivity index (χ3n) is 3.90. The van der Waals surface area contributed by atoms with E-state index >= 15 is 0 Å². The maximum atomic E-state index is 12.1. The summed E-state index contributed by atoms with van der Waals surface area (Å²) in [4.78, 5) is 35.7. The minimum Gasteiger partial charge on any atom is -0.463 e. The van der Waals surface area contributed by atoms with Crippen molar-refractivity contribution in [2.75, 3.05) is 19.8 Å². The van der Waals surface area contributed by atoms with Crippen LogP contribution in [0.4, 0.5) is 4.79 Å². The van der Waals surface area contributed by atoms with Crippen LogP contribution >= 0.6 is 0 Å². The van der Waals surface area contributed by atoms with Crippen LogP contribution in [-0.2, 0) is 29.1 Å². The Morgan fingerprint density at radius 1 is 1.20 bits per heavy atom. The molecule has 1 atom stereocenters. The molecule has 1 unspecified atom stereocenters. The van der Waals surface area contributed by atoms with Crippen molar-refractivity contribution in [2.24, 2.45) is 0 Å². The number of hydrogen-bond donors (Lipinski definition) is 3. The van der Waals surface area contributed by atoms with Crippen LogP contribution in [0.1, 0.15) is 19.4 Å². The van der Waals surface area contributed by atoms with Gasteiger partial charge in [0.1, 0.15) is 13.2 Å². The number of nitrogens with one attached hydrogen (secondary N) is 3. The third-order valence-corrected chi connectivity index (χ3v) is 4.94. The van der Waals surface area contributed by atoms with Crippen molar-refractivity contribution in [1.29, 1.82) is 0 Å². The zero-order valence-corrected chi connectivity index (χ0v) is 17.3. The Hall–Kier alpha value is -3.18. The number of carbonyl (C=O) groups excluding carboxylic acids is 3. The molecule has 0 saturated carbocycles. The number of hydrogen-bond acceptors (Lipinski definition) is 7. The van der Waals surface area contributed by atoms with E-state index < -0.39 is 47.2 Å². The van der Waals surface area contributed by atoms with Crippen LogP contribution in [0.25, 0.3) is 6.08 Å². The minimum absolute atomic E-state index is 0.0740. The quantitative estimate of drug-likeness (QED) is 0.482. The van der Waals surface area contributed by atoms with Gasteiger partial charge in [-0.15, -0.1) is 0 Å². The highest BCUT2D eigenvalue weighted by Gasteiger charge is 2.30. The zero-order valence-electron chi connectivity index (χ0n) is 16.5. The third kappa shape index (κ3) is 7.01. The molecule has 3 N–H and O–H groups in total. The number of rotatable bonds is 9. The van der Waals surface area contributed by atoms with Crippen LogP contribution < -0.4 is 15.4 Å². The first kappa shape index (κ1) is 23.1. The second-order valence-electron chi connectivity index (χ2n) is 6.17. The maximum Gasteiger partial charge on any atom is 0.338 e. The smallest absolute Gasteiger partial charge is 0.338 e. The molecule has 30 heavy (non-hydrogen) atoms. The van der Waals surface area contributed by atoms with Crippen molar-refractivity contribution in [3.8, 4) is 0 Å². The molecule has 0 aromatic heterocycles. The van der Waals surface area contributed by atoms with Gasteiger partial charge in [0.2, 0.25) is 10.0 Å². The van der Waals surface area contributed by atoms with Crippen LogP contribution in [0.15, 0.2) is 47.0 Å². The molecule has 1 aromatic rings. The summed E-state index contributed by atoms with van der Waals surface area (Å²) in [6.07, 6.45) is 1.38. The molecule has 1 heterocycles. The molecule has 2 amide bonds. The molecule has 0 spiro atoms. The van der Waals surface area contributed by atoms with E-state index in [0.717, 1.165) is 5.41 Å². The number of urea groups is 1. The largest absolute Gasteiger partial charge is 0.463 e. The molecule has 1 aliphatic rings. The number of carbonyl (C=O) groups is 3. The first-order valence-electron chi connectivity index (χ1n) is 9.08. The summed E-state index contributed by atoms with van der Waals surface area (Å²) < 4.78 is 36.0. The molecular formula is C19H23N3O7S. The highest BCUT2D eigenvalue weighted by molar-refractivity contribution is 7.92. The Balaban J connectivity index is 1.95. The Morgan fingerprint density at radius 2 is 1.90 bits per heavy atom. The normalized spacial score (nSPS) is 16.7. The molecule has 0 radical (unpaired) electrons. The molecule has 0 aliphatic carbocycles. The maximum absolute atomic E-state index is 12.1. The van der Waals surface area contributed by atoms with E-state index in [9.17, 15) is 22.8 Å². The van der Waals surface area contributed by atoms with Crippen LogP contribution in [0.3, 0.4) is 0 Å². The summed E-state index contributed by atoms with van der Waals surface area (Å²) in [6, 6.07) is 7.57. The molecule has 1 aliphatic heterocycles. The van der Waals surface area contributed by atoms with Gasteiger partial charge in [0, 0.05) is 5.41 Å². The van der Waals surface area contributed by atoms with E-state index in [4.69, 9.17) is 9.47 Å². The van der Waals surface area contributed by atoms with Crippen molar-refractivity contribution < 1.29 is 32.3 Å². The molecule has 162 valence electrons. The SMILES string of the molecule is CCOC(=O)C1=C(COC(=O)CNS(=O)(=O)/C=C/c2ccccc2)NC(=O)NC1C. The fraction of sp³-hybridized carbons (Fsp3) is 0.316. The summed E-state index contributed by atoms with van der Waals surface area (Å²) in [7, 11) is -3.86. The Labute approximate surface area is 174 Å². The number of sulfonamides is 1. The standard InChI is InChI=1S/C19H23N3O7S/c1-3-28-18(24)17-13(2)21-19(25)22-15(17)12-29-16(23)11-20-30(26,27)10-9-14-7-5-4-6-8-14/h4-10,13,20H,3,11-12H2,1-2H3,(H2,21,22,25)/b10-9+. The van der Waals surface area contributed by atoms with E-state index in [1.165, 1.54) is 6.08 Å². The topological polar surface area (TPSA) is 140 Å². The highest BCUT2D eigenvalue weighted by Crippen LogP contribution is 2.14. The summed E-state index contributed by atoms with van der Waals surface area (Å²) >= 11 is 0. The number of esters is 2. The van der Waals surface area contributed by atoms with Gasteiger partial charge in [0.25, 0.3) is 0 Å². The average molecular weight is 437 g/mol. The van der Waals surface area contributed by atoms with Gasteiger partial charge >= 0.3 is 18.0 Å². The zero-order chi connectivity index (χ0) is 22.1. The van der Waals surface area contributed by atoms with Crippen LogP contribution in [0.2, 0.25) is 0 Å². The van der Waals surface area contributed by atoms with E-state index in [-0.39, 0.29) is 17.9 Å². The van der Waals surface area contributed by atoms with Crippen molar-refractivity contribution in [3.63, 3.8) is 0 Å². The monoisotopic (exact) mass is 437 g/mol. The lowest BCUT2D eigenvalue weighted by atomic mass is 10.0. The average Bonchev–Trinajstić information content (AvgIpc) is 2.70. The number of amides is 2. The fourth-order valence-electron chi connectivity index (χ4n) is 2.54. The Bertz CT molecular complexity index is 956. The van der Waals surface area contributed by atoms with Gasteiger partial charge in [-0.25, -0.2) is 22.7 Å². The lowest BCUT2D eigenvalue weighted by Crippen LogP contribution is -2.50. The van der Waals surface area contributed by atoms with Gasteiger partial charge < -0.3 is 20.1 Å². The summed E-state index contributed by atoms with van der Waals surface area (Å²) in [5, 5.41) is 5.85. The fourth-order valence-corrected chi connectivity index (χ4v) is 3.29. The van der Waals surface area contributed by atoms with E-state index in [0.29, 0.717) is 5.56 Å².